The van der Waals surface area contributed by atoms with Crippen molar-refractivity contribution in [1.82, 2.24) is 9.80 Å². The average molecular weight is 427 g/mol. The van der Waals surface area contributed by atoms with Gasteiger partial charge in [0.25, 0.3) is 5.91 Å². The number of carbonyl (C=O) groups excluding carboxylic acids is 3. The Morgan fingerprint density at radius 1 is 0.935 bits per heavy atom. The second kappa shape index (κ2) is 11.7. The summed E-state index contributed by atoms with van der Waals surface area (Å²) in [5.74, 6) is 0.0284. The molecule has 0 aliphatic rings. The van der Waals surface area contributed by atoms with Crippen molar-refractivity contribution in [3.05, 3.63) is 54.1 Å². The van der Waals surface area contributed by atoms with E-state index in [2.05, 4.69) is 10.6 Å². The summed E-state index contributed by atoms with van der Waals surface area (Å²) in [4.78, 5) is 40.2. The number of hydrogen-bond acceptors (Lipinski definition) is 5. The first-order valence-corrected chi connectivity index (χ1v) is 10.1. The third kappa shape index (κ3) is 7.42. The molecule has 2 rings (SSSR count). The van der Waals surface area contributed by atoms with Crippen LogP contribution < -0.4 is 15.4 Å². The number of nitrogens with zero attached hydrogens (tertiary/aromatic N) is 2. The normalized spacial score (nSPS) is 10.5. The lowest BCUT2D eigenvalue weighted by Gasteiger charge is -2.22. The summed E-state index contributed by atoms with van der Waals surface area (Å²) in [6.07, 6.45) is 0.837. The predicted molar refractivity (Wildman–Crippen MR) is 121 cm³/mol. The Bertz CT molecular complexity index is 897. The number of likely N-dealkylation sites (N-methyl/N-ethyl adjacent to an activating group) is 1. The van der Waals surface area contributed by atoms with Crippen molar-refractivity contribution >= 4 is 29.1 Å². The Kier molecular flexibility index (Phi) is 9.02. The van der Waals surface area contributed by atoms with Crippen LogP contribution in [0.1, 0.15) is 23.7 Å². The Labute approximate surface area is 183 Å². The molecular formula is C23H30N4O4. The quantitative estimate of drug-likeness (QED) is 0.610. The van der Waals surface area contributed by atoms with Gasteiger partial charge in [0.05, 0.1) is 25.9 Å². The Morgan fingerprint density at radius 3 is 2.23 bits per heavy atom. The maximum atomic E-state index is 12.5. The molecule has 0 saturated heterocycles. The lowest BCUT2D eigenvalue weighted by Crippen LogP contribution is -2.41. The summed E-state index contributed by atoms with van der Waals surface area (Å²) >= 11 is 0. The predicted octanol–water partition coefficient (Wildman–Crippen LogP) is 2.69. The first-order valence-electron chi connectivity index (χ1n) is 10.1. The van der Waals surface area contributed by atoms with Crippen molar-refractivity contribution in [1.29, 1.82) is 0 Å². The van der Waals surface area contributed by atoms with Gasteiger partial charge in [-0.15, -0.1) is 0 Å². The van der Waals surface area contributed by atoms with Gasteiger partial charge in [0.15, 0.2) is 0 Å². The molecule has 0 atom stereocenters. The van der Waals surface area contributed by atoms with E-state index >= 15 is 0 Å². The summed E-state index contributed by atoms with van der Waals surface area (Å²) < 4.78 is 5.24. The summed E-state index contributed by atoms with van der Waals surface area (Å²) in [6.45, 7) is 2.95. The van der Waals surface area contributed by atoms with Gasteiger partial charge in [-0.3, -0.25) is 19.3 Å². The van der Waals surface area contributed by atoms with E-state index in [4.69, 9.17) is 4.74 Å². The van der Waals surface area contributed by atoms with E-state index in [9.17, 15) is 14.4 Å². The number of methoxy groups -OCH3 is 1. The lowest BCUT2D eigenvalue weighted by atomic mass is 10.2. The first-order chi connectivity index (χ1) is 14.8. The zero-order valence-electron chi connectivity index (χ0n) is 18.5. The Morgan fingerprint density at radius 2 is 1.61 bits per heavy atom. The van der Waals surface area contributed by atoms with Crippen molar-refractivity contribution in [3.8, 4) is 5.75 Å². The Hall–Kier alpha value is -3.39. The second-order valence-corrected chi connectivity index (χ2v) is 7.28. The molecular weight excluding hydrogens is 396 g/mol. The molecule has 8 nitrogen and oxygen atoms in total. The van der Waals surface area contributed by atoms with Crippen molar-refractivity contribution in [2.45, 2.75) is 13.3 Å². The average Bonchev–Trinajstić information content (AvgIpc) is 2.74. The topological polar surface area (TPSA) is 91.0 Å². The van der Waals surface area contributed by atoms with Gasteiger partial charge in [0.1, 0.15) is 5.75 Å². The number of carbonyl (C=O) groups is 3. The number of ether oxygens (including phenoxy) is 1. The lowest BCUT2D eigenvalue weighted by molar-refractivity contribution is -0.130. The maximum Gasteiger partial charge on any atom is 0.255 e. The molecule has 0 aromatic heterocycles. The SMILES string of the molecule is CCCN(CC(=O)Nc1ccc(C(=O)Nc2ccccc2OC)cc1)CC(=O)N(C)C. The number of hydrogen-bond donors (Lipinski definition) is 2. The standard InChI is InChI=1S/C23H30N4O4/c1-5-14-27(16-22(29)26(2)3)15-21(28)24-18-12-10-17(11-13-18)23(30)25-19-8-6-7-9-20(19)31-4/h6-13H,5,14-16H2,1-4H3,(H,24,28)(H,25,30). The number of amides is 3. The van der Waals surface area contributed by atoms with E-state index in [1.165, 1.54) is 4.90 Å². The summed E-state index contributed by atoms with van der Waals surface area (Å²) in [6, 6.07) is 13.8. The molecule has 2 aromatic carbocycles. The number of anilines is 2. The highest BCUT2D eigenvalue weighted by Gasteiger charge is 2.15. The van der Waals surface area contributed by atoms with E-state index in [0.29, 0.717) is 29.2 Å². The van der Waals surface area contributed by atoms with Crippen LogP contribution in [-0.2, 0) is 9.59 Å². The zero-order chi connectivity index (χ0) is 22.8. The fraction of sp³-hybridized carbons (Fsp3) is 0.348. The van der Waals surface area contributed by atoms with E-state index in [0.717, 1.165) is 6.42 Å². The molecule has 166 valence electrons. The third-order valence-electron chi connectivity index (χ3n) is 4.55. The van der Waals surface area contributed by atoms with Crippen LogP contribution in [0.5, 0.6) is 5.75 Å². The molecule has 0 aliphatic carbocycles. The maximum absolute atomic E-state index is 12.5. The molecule has 2 aromatic rings. The summed E-state index contributed by atoms with van der Waals surface area (Å²) in [5.41, 5.74) is 1.61. The highest BCUT2D eigenvalue weighted by Crippen LogP contribution is 2.23. The molecule has 0 fully saturated rings. The van der Waals surface area contributed by atoms with E-state index < -0.39 is 0 Å². The Balaban J connectivity index is 1.95. The van der Waals surface area contributed by atoms with Gasteiger partial charge in [0.2, 0.25) is 11.8 Å². The molecule has 0 heterocycles. The van der Waals surface area contributed by atoms with Crippen molar-refractivity contribution in [3.63, 3.8) is 0 Å². The van der Waals surface area contributed by atoms with Gasteiger partial charge in [-0.05, 0) is 49.4 Å². The van der Waals surface area contributed by atoms with Gasteiger partial charge in [0, 0.05) is 25.3 Å². The molecule has 0 unspecified atom stereocenters. The highest BCUT2D eigenvalue weighted by atomic mass is 16.5. The van der Waals surface area contributed by atoms with Crippen LogP contribution in [0.4, 0.5) is 11.4 Å². The van der Waals surface area contributed by atoms with Crippen molar-refractivity contribution in [2.24, 2.45) is 0 Å². The fourth-order valence-corrected chi connectivity index (χ4v) is 2.91. The molecule has 0 spiro atoms. The van der Waals surface area contributed by atoms with Crippen LogP contribution >= 0.6 is 0 Å². The highest BCUT2D eigenvalue weighted by molar-refractivity contribution is 6.05. The minimum Gasteiger partial charge on any atom is -0.495 e. The van der Waals surface area contributed by atoms with Gasteiger partial charge >= 0.3 is 0 Å². The second-order valence-electron chi connectivity index (χ2n) is 7.28. The summed E-state index contributed by atoms with van der Waals surface area (Å²) in [5, 5.41) is 5.62. The molecule has 2 N–H and O–H groups in total. The first kappa shape index (κ1) is 23.9. The molecule has 0 aliphatic heterocycles. The molecule has 0 bridgehead atoms. The van der Waals surface area contributed by atoms with E-state index in [-0.39, 0.29) is 30.8 Å². The van der Waals surface area contributed by atoms with E-state index in [1.54, 1.807) is 57.6 Å². The number of rotatable bonds is 10. The molecule has 0 saturated carbocycles. The van der Waals surface area contributed by atoms with Crippen LogP contribution in [0.3, 0.4) is 0 Å². The van der Waals surface area contributed by atoms with Crippen LogP contribution in [0.25, 0.3) is 0 Å². The monoisotopic (exact) mass is 426 g/mol. The van der Waals surface area contributed by atoms with Gasteiger partial charge in [-0.2, -0.15) is 0 Å². The zero-order valence-corrected chi connectivity index (χ0v) is 18.5. The number of benzene rings is 2. The number of para-hydroxylation sites is 2. The minimum atomic E-state index is -0.279. The molecule has 8 heteroatoms. The molecule has 3 amide bonds. The van der Waals surface area contributed by atoms with Crippen LogP contribution in [0, 0.1) is 0 Å². The summed E-state index contributed by atoms with van der Waals surface area (Å²) in [7, 11) is 4.93. The van der Waals surface area contributed by atoms with E-state index in [1.807, 2.05) is 24.0 Å². The third-order valence-corrected chi connectivity index (χ3v) is 4.55. The molecule has 0 radical (unpaired) electrons. The minimum absolute atomic E-state index is 0.0494. The van der Waals surface area contributed by atoms with Gasteiger partial charge < -0.3 is 20.3 Å². The number of nitrogens with one attached hydrogen (secondary N) is 2. The smallest absolute Gasteiger partial charge is 0.255 e. The largest absolute Gasteiger partial charge is 0.495 e. The van der Waals surface area contributed by atoms with Crippen LogP contribution in [-0.4, -0.2) is 68.4 Å². The van der Waals surface area contributed by atoms with Gasteiger partial charge in [-0.1, -0.05) is 19.1 Å². The molecule has 31 heavy (non-hydrogen) atoms. The van der Waals surface area contributed by atoms with Crippen molar-refractivity contribution < 1.29 is 19.1 Å². The fourth-order valence-electron chi connectivity index (χ4n) is 2.91. The van der Waals surface area contributed by atoms with Crippen LogP contribution in [0.15, 0.2) is 48.5 Å². The van der Waals surface area contributed by atoms with Crippen LogP contribution in [0.2, 0.25) is 0 Å². The van der Waals surface area contributed by atoms with Crippen molar-refractivity contribution in [2.75, 3.05) is 51.5 Å². The van der Waals surface area contributed by atoms with Gasteiger partial charge in [-0.25, -0.2) is 0 Å².